The molecule has 0 radical (unpaired) electrons. The third-order valence-electron chi connectivity index (χ3n) is 5.27. The van der Waals surface area contributed by atoms with Crippen molar-refractivity contribution in [2.45, 2.75) is 77.2 Å². The number of hydrogen-bond donors (Lipinski definition) is 2. The van der Waals surface area contributed by atoms with Crippen molar-refractivity contribution in [1.29, 1.82) is 0 Å². The summed E-state index contributed by atoms with van der Waals surface area (Å²) in [6.07, 6.45) is 11.6. The molecule has 2 aliphatic rings. The zero-order chi connectivity index (χ0) is 13.7. The van der Waals surface area contributed by atoms with Crippen LogP contribution in [0.15, 0.2) is 0 Å². The fourth-order valence-corrected chi connectivity index (χ4v) is 3.60. The number of nitrogens with one attached hydrogen (secondary N) is 1. The molecule has 2 aliphatic carbocycles. The summed E-state index contributed by atoms with van der Waals surface area (Å²) < 4.78 is 0. The first-order valence-corrected chi connectivity index (χ1v) is 8.09. The van der Waals surface area contributed by atoms with E-state index in [9.17, 15) is 9.90 Å². The number of rotatable bonds is 4. The summed E-state index contributed by atoms with van der Waals surface area (Å²) in [7, 11) is 0. The number of carbonyl (C=O) groups is 1. The molecule has 0 heterocycles. The van der Waals surface area contributed by atoms with E-state index >= 15 is 0 Å². The van der Waals surface area contributed by atoms with Crippen molar-refractivity contribution in [2.24, 2.45) is 11.3 Å². The van der Waals surface area contributed by atoms with Crippen LogP contribution in [0.25, 0.3) is 0 Å². The van der Waals surface area contributed by atoms with Crippen LogP contribution in [-0.2, 0) is 4.79 Å². The van der Waals surface area contributed by atoms with Crippen LogP contribution in [0.4, 0.5) is 0 Å². The second-order valence-corrected chi connectivity index (χ2v) is 6.84. The molecular formula is C16H29NO2. The van der Waals surface area contributed by atoms with E-state index in [1.165, 1.54) is 38.5 Å². The van der Waals surface area contributed by atoms with E-state index in [-0.39, 0.29) is 0 Å². The summed E-state index contributed by atoms with van der Waals surface area (Å²) in [5, 5.41) is 13.2. The number of aliphatic carboxylic acids is 1. The molecule has 2 rings (SSSR count). The third kappa shape index (κ3) is 3.95. The lowest BCUT2D eigenvalue weighted by atomic mass is 9.70. The van der Waals surface area contributed by atoms with Gasteiger partial charge in [-0.3, -0.25) is 4.79 Å². The molecule has 3 heteroatoms. The summed E-state index contributed by atoms with van der Waals surface area (Å²) in [6, 6.07) is 0.554. The standard InChI is InChI=1S/C16H29NO2/c1-13-8-10-16(11-9-13,15(18)19)12-17-14-6-4-2-3-5-7-14/h13-14,17H,2-12H2,1H3,(H,18,19). The van der Waals surface area contributed by atoms with Crippen LogP contribution >= 0.6 is 0 Å². The first kappa shape index (κ1) is 14.8. The molecule has 0 spiro atoms. The molecule has 0 unspecified atom stereocenters. The molecule has 0 aromatic rings. The van der Waals surface area contributed by atoms with Gasteiger partial charge in [0, 0.05) is 12.6 Å². The minimum Gasteiger partial charge on any atom is -0.481 e. The van der Waals surface area contributed by atoms with Gasteiger partial charge in [0.05, 0.1) is 5.41 Å². The van der Waals surface area contributed by atoms with Crippen LogP contribution in [0.1, 0.15) is 71.1 Å². The molecule has 0 aromatic heterocycles. The molecule has 2 fully saturated rings. The molecule has 0 saturated heterocycles. The largest absolute Gasteiger partial charge is 0.481 e. The van der Waals surface area contributed by atoms with Crippen molar-refractivity contribution < 1.29 is 9.90 Å². The fourth-order valence-electron chi connectivity index (χ4n) is 3.60. The minimum absolute atomic E-state index is 0.487. The Bertz CT molecular complexity index is 287. The average Bonchev–Trinajstić information content (AvgIpc) is 2.67. The second kappa shape index (κ2) is 6.74. The second-order valence-electron chi connectivity index (χ2n) is 6.84. The highest BCUT2D eigenvalue weighted by atomic mass is 16.4. The van der Waals surface area contributed by atoms with Crippen molar-refractivity contribution in [3.8, 4) is 0 Å². The Labute approximate surface area is 117 Å². The number of carboxylic acid groups (broad SMARTS) is 1. The van der Waals surface area contributed by atoms with Crippen LogP contribution in [0.2, 0.25) is 0 Å². The van der Waals surface area contributed by atoms with Gasteiger partial charge in [0.2, 0.25) is 0 Å². The molecule has 0 amide bonds. The number of hydrogen-bond acceptors (Lipinski definition) is 2. The molecule has 0 aromatic carbocycles. The van der Waals surface area contributed by atoms with Gasteiger partial charge >= 0.3 is 5.97 Å². The Hall–Kier alpha value is -0.570. The highest BCUT2D eigenvalue weighted by Crippen LogP contribution is 2.39. The summed E-state index contributed by atoms with van der Waals surface area (Å²) >= 11 is 0. The van der Waals surface area contributed by atoms with E-state index in [0.717, 1.165) is 25.7 Å². The van der Waals surface area contributed by atoms with Crippen LogP contribution in [0.3, 0.4) is 0 Å². The Kier molecular flexibility index (Phi) is 5.26. The van der Waals surface area contributed by atoms with Crippen molar-refractivity contribution in [3.63, 3.8) is 0 Å². The Morgan fingerprint density at radius 3 is 2.21 bits per heavy atom. The Morgan fingerprint density at radius 2 is 1.68 bits per heavy atom. The van der Waals surface area contributed by atoms with Crippen LogP contribution in [0, 0.1) is 11.3 Å². The SMILES string of the molecule is CC1CCC(CNC2CCCCCC2)(C(=O)O)CC1. The molecule has 110 valence electrons. The molecule has 0 bridgehead atoms. The van der Waals surface area contributed by atoms with Gasteiger partial charge in [-0.25, -0.2) is 0 Å². The van der Waals surface area contributed by atoms with Crippen molar-refractivity contribution >= 4 is 5.97 Å². The summed E-state index contributed by atoms with van der Waals surface area (Å²) in [5.74, 6) is 0.117. The lowest BCUT2D eigenvalue weighted by molar-refractivity contribution is -0.151. The smallest absolute Gasteiger partial charge is 0.310 e. The van der Waals surface area contributed by atoms with Gasteiger partial charge in [0.25, 0.3) is 0 Å². The van der Waals surface area contributed by atoms with Crippen LogP contribution in [0.5, 0.6) is 0 Å². The van der Waals surface area contributed by atoms with E-state index in [1.807, 2.05) is 0 Å². The van der Waals surface area contributed by atoms with Crippen LogP contribution in [-0.4, -0.2) is 23.7 Å². The summed E-state index contributed by atoms with van der Waals surface area (Å²) in [6.45, 7) is 2.92. The molecule has 3 nitrogen and oxygen atoms in total. The lowest BCUT2D eigenvalue weighted by Crippen LogP contribution is -2.46. The summed E-state index contributed by atoms with van der Waals surface area (Å²) in [5.41, 5.74) is -0.487. The van der Waals surface area contributed by atoms with Gasteiger partial charge in [0.15, 0.2) is 0 Å². The van der Waals surface area contributed by atoms with Crippen molar-refractivity contribution in [2.75, 3.05) is 6.54 Å². The Morgan fingerprint density at radius 1 is 1.11 bits per heavy atom. The number of carboxylic acids is 1. The van der Waals surface area contributed by atoms with Gasteiger partial charge < -0.3 is 10.4 Å². The van der Waals surface area contributed by atoms with Gasteiger partial charge in [0.1, 0.15) is 0 Å². The predicted molar refractivity (Wildman–Crippen MR) is 77.2 cm³/mol. The van der Waals surface area contributed by atoms with Gasteiger partial charge in [-0.15, -0.1) is 0 Å². The zero-order valence-corrected chi connectivity index (χ0v) is 12.3. The quantitative estimate of drug-likeness (QED) is 0.765. The first-order chi connectivity index (χ1) is 9.12. The summed E-state index contributed by atoms with van der Waals surface area (Å²) in [4.78, 5) is 11.7. The molecular weight excluding hydrogens is 238 g/mol. The van der Waals surface area contributed by atoms with Gasteiger partial charge in [-0.05, 0) is 44.4 Å². The maximum Gasteiger partial charge on any atom is 0.310 e. The van der Waals surface area contributed by atoms with E-state index < -0.39 is 11.4 Å². The molecule has 2 saturated carbocycles. The van der Waals surface area contributed by atoms with Crippen LogP contribution < -0.4 is 5.32 Å². The maximum atomic E-state index is 11.7. The monoisotopic (exact) mass is 267 g/mol. The van der Waals surface area contributed by atoms with Crippen molar-refractivity contribution in [1.82, 2.24) is 5.32 Å². The first-order valence-electron chi connectivity index (χ1n) is 8.09. The highest BCUT2D eigenvalue weighted by molar-refractivity contribution is 5.75. The molecule has 2 N–H and O–H groups in total. The molecule has 19 heavy (non-hydrogen) atoms. The van der Waals surface area contributed by atoms with E-state index in [1.54, 1.807) is 0 Å². The zero-order valence-electron chi connectivity index (χ0n) is 12.3. The average molecular weight is 267 g/mol. The Balaban J connectivity index is 1.88. The lowest BCUT2D eigenvalue weighted by Gasteiger charge is -2.37. The fraction of sp³-hybridized carbons (Fsp3) is 0.938. The van der Waals surface area contributed by atoms with E-state index in [4.69, 9.17) is 0 Å². The highest BCUT2D eigenvalue weighted by Gasteiger charge is 2.41. The van der Waals surface area contributed by atoms with Gasteiger partial charge in [-0.2, -0.15) is 0 Å². The third-order valence-corrected chi connectivity index (χ3v) is 5.27. The van der Waals surface area contributed by atoms with E-state index in [2.05, 4.69) is 12.2 Å². The minimum atomic E-state index is -0.583. The maximum absolute atomic E-state index is 11.7. The topological polar surface area (TPSA) is 49.3 Å². The van der Waals surface area contributed by atoms with Crippen molar-refractivity contribution in [3.05, 3.63) is 0 Å². The normalized spacial score (nSPS) is 33.8. The molecule has 0 aliphatic heterocycles. The van der Waals surface area contributed by atoms with E-state index in [0.29, 0.717) is 18.5 Å². The van der Waals surface area contributed by atoms with Gasteiger partial charge in [-0.1, -0.05) is 32.6 Å². The molecule has 0 atom stereocenters. The predicted octanol–water partition coefficient (Wildman–Crippen LogP) is 3.58.